The predicted octanol–water partition coefficient (Wildman–Crippen LogP) is 5.80. The van der Waals surface area contributed by atoms with E-state index in [-0.39, 0.29) is 91.8 Å². The number of hydrogen-bond acceptors (Lipinski definition) is 28. The number of aliphatic hydroxyl groups excluding tert-OH is 2. The fraction of sp³-hybridized carbons (Fsp3) is 0.537. The first-order valence-electron chi connectivity index (χ1n) is 45.2. The number of amides is 12. The number of halogens is 1. The number of rotatable bonds is 33. The summed E-state index contributed by atoms with van der Waals surface area (Å²) in [5.41, 5.74) is 14.0. The molecule has 36 nitrogen and oxygen atoms in total. The van der Waals surface area contributed by atoms with Crippen LogP contribution in [0.4, 0.5) is 15.3 Å². The van der Waals surface area contributed by atoms with E-state index < -0.39 is 227 Å². The Hall–Kier alpha value is -10.3. The molecule has 0 radical (unpaired) electrons. The summed E-state index contributed by atoms with van der Waals surface area (Å²) in [6, 6.07) is 12.2. The standard InChI is InChI=1S/C95H128ClN13O23S4/c1-14-99-91(125)104-66(41-56-24-16-15-17-25-56)86(120)102-68-49-134-135-50-69(103-89(123)81(55(6)111)106-85(119)65(28-20-21-37-97)100-87(121)67(44-60-33-32-59-26-18-19-27-63(59)60)101-84(118)61(45-71(68)113)40-57-30-34-62(112)35-31-57)88(122)105-80(54(5)110)72(114)46-64(83(98)117)93(7,8)136-133-38-36-77(115)108(10)53(4)90(124)131-76-47-78(116)109(11)70-42-58(43-73(128-12)79(70)96)39-51(2)23-22-29-75(129-13)95(127)48-74(130-92(126)107-95)52(3)82-94(76,9)132-82/h15-19,22-27,29-31,33-35,42-43,52-55,61,64-69,74-76,80-82,110-112,127H,14,20-21,28,32,36-41,44-50,97H2,1-13H3,(H2,98,117)(H,100,121)(H,101,118)(H,102,120)(H,103,123)(H,105,122)(H,106,119)(H,107,126)(H2,99,104,125)/b29-22+,51-23+/t52-,53+,54-,55-,61-,64-,65+,66-,67-,68+,69+,74+,75-,76+,80+,81+,82+,94+,95+/m1/s1. The van der Waals surface area contributed by atoms with Crippen molar-refractivity contribution in [3.8, 4) is 11.5 Å². The number of primary amides is 1. The number of nitrogens with zero attached hydrogens (tertiary/aromatic N) is 2. The molecule has 41 heteroatoms. The molecule has 9 rings (SSSR count). The number of ether oxygens (including phenoxy) is 5. The van der Waals surface area contributed by atoms with Gasteiger partial charge in [-0.2, -0.15) is 0 Å². The lowest BCUT2D eigenvalue weighted by molar-refractivity contribution is -0.162. The minimum absolute atomic E-state index is 0.0466. The number of allylic oxidation sites excluding steroid dienone is 4. The fourth-order valence-corrected chi connectivity index (χ4v) is 22.0. The number of nitrogens with one attached hydrogen (secondary N) is 9. The Morgan fingerprint density at radius 1 is 0.846 bits per heavy atom. The van der Waals surface area contributed by atoms with Crippen LogP contribution >= 0.6 is 54.8 Å². The number of urea groups is 1. The van der Waals surface area contributed by atoms with Crippen molar-refractivity contribution in [3.05, 3.63) is 154 Å². The summed E-state index contributed by atoms with van der Waals surface area (Å²) < 4.78 is 28.5. The molecule has 5 aliphatic rings. The molecule has 0 spiro atoms. The average Bonchev–Trinajstić information content (AvgIpc) is 1.57. The van der Waals surface area contributed by atoms with Crippen molar-refractivity contribution >= 4 is 149 Å². The van der Waals surface area contributed by atoms with Crippen LogP contribution in [0.2, 0.25) is 5.02 Å². The van der Waals surface area contributed by atoms with Crippen molar-refractivity contribution < 1.29 is 111 Å². The average molecular weight is 1980 g/mol. The molecule has 4 aliphatic heterocycles. The second-order valence-corrected chi connectivity index (χ2v) is 41.6. The molecule has 0 aromatic heterocycles. The number of aromatic hydroxyl groups is 1. The maximum atomic E-state index is 15.4. The number of Topliss-reactive ketones (excluding diaryl/α,β-unsaturated/α-hetero) is 2. The number of phenols is 1. The van der Waals surface area contributed by atoms with Crippen LogP contribution in [0.15, 0.2) is 121 Å². The third kappa shape index (κ3) is 29.9. The van der Waals surface area contributed by atoms with Crippen molar-refractivity contribution in [2.24, 2.45) is 29.2 Å². The molecule has 0 saturated carbocycles. The second-order valence-electron chi connectivity index (χ2n) is 35.6. The second kappa shape index (κ2) is 50.4. The van der Waals surface area contributed by atoms with E-state index in [1.165, 1.54) is 66.1 Å². The minimum Gasteiger partial charge on any atom is -0.508 e. The van der Waals surface area contributed by atoms with Gasteiger partial charge in [-0.1, -0.05) is 158 Å². The lowest BCUT2D eigenvalue weighted by Crippen LogP contribution is -2.63. The number of esters is 1. The van der Waals surface area contributed by atoms with E-state index in [9.17, 15) is 68.4 Å². The van der Waals surface area contributed by atoms with Crippen LogP contribution in [-0.4, -0.2) is 268 Å². The van der Waals surface area contributed by atoms with Gasteiger partial charge < -0.3 is 108 Å². The number of ketones is 2. The van der Waals surface area contributed by atoms with Gasteiger partial charge in [-0.25, -0.2) is 14.4 Å². The van der Waals surface area contributed by atoms with Gasteiger partial charge in [0.1, 0.15) is 82.7 Å². The Morgan fingerprint density at radius 2 is 1.53 bits per heavy atom. The molecule has 4 bridgehead atoms. The summed E-state index contributed by atoms with van der Waals surface area (Å²) in [4.78, 5) is 207. The predicted molar refractivity (Wildman–Crippen MR) is 519 cm³/mol. The highest BCUT2D eigenvalue weighted by atomic mass is 35.5. The summed E-state index contributed by atoms with van der Waals surface area (Å²) in [7, 11) is 9.68. The molecule has 4 aromatic rings. The Morgan fingerprint density at radius 3 is 2.20 bits per heavy atom. The smallest absolute Gasteiger partial charge is 0.409 e. The highest BCUT2D eigenvalue weighted by molar-refractivity contribution is 8.77. The number of hydrogen-bond donors (Lipinski definition) is 15. The number of alkyl carbamates (subject to hydrolysis) is 1. The monoisotopic (exact) mass is 1980 g/mol. The summed E-state index contributed by atoms with van der Waals surface area (Å²) in [6.45, 7) is 14.3. The van der Waals surface area contributed by atoms with E-state index in [2.05, 4.69) is 47.9 Å². The van der Waals surface area contributed by atoms with E-state index in [0.717, 1.165) is 64.8 Å². The Balaban J connectivity index is 0.932. The van der Waals surface area contributed by atoms with Gasteiger partial charge >= 0.3 is 18.1 Å². The number of anilines is 1. The first kappa shape index (κ1) is 109. The van der Waals surface area contributed by atoms with Gasteiger partial charge in [0, 0.05) is 100 Å². The number of unbranched alkanes of at least 4 members (excludes halogenated alkanes) is 1. The van der Waals surface area contributed by atoms with Gasteiger partial charge in [0.05, 0.1) is 49.5 Å². The van der Waals surface area contributed by atoms with Crippen molar-refractivity contribution in [1.82, 2.24) is 52.8 Å². The van der Waals surface area contributed by atoms with E-state index >= 15 is 19.2 Å². The van der Waals surface area contributed by atoms with Crippen molar-refractivity contribution in [2.75, 3.05) is 63.6 Å². The first-order valence-corrected chi connectivity index (χ1v) is 50.4. The zero-order valence-electron chi connectivity index (χ0n) is 78.6. The summed E-state index contributed by atoms with van der Waals surface area (Å²) in [5, 5.41) is 69.4. The maximum Gasteiger partial charge on any atom is 0.409 e. The van der Waals surface area contributed by atoms with Crippen LogP contribution in [0, 0.1) is 17.8 Å². The summed E-state index contributed by atoms with van der Waals surface area (Å²) in [5.74, 6) is -14.3. The number of likely N-dealkylation sites (N-methyl/N-ethyl adjacent to an activating group) is 1. The number of aliphatic hydroxyl groups is 3. The largest absolute Gasteiger partial charge is 0.508 e. The normalized spacial score (nSPS) is 25.9. The quantitative estimate of drug-likeness (QED) is 0.0116. The molecule has 742 valence electrons. The molecule has 17 N–H and O–H groups in total. The fourth-order valence-electron chi connectivity index (χ4n) is 16.6. The molecule has 19 atom stereocenters. The van der Waals surface area contributed by atoms with Gasteiger partial charge in [0.15, 0.2) is 17.3 Å². The van der Waals surface area contributed by atoms with Gasteiger partial charge in [0.2, 0.25) is 53.2 Å². The van der Waals surface area contributed by atoms with Crippen LogP contribution in [-0.2, 0) is 102 Å². The number of nitrogens with two attached hydrogens (primary N) is 2. The van der Waals surface area contributed by atoms with Crippen molar-refractivity contribution in [2.45, 2.75) is 247 Å². The summed E-state index contributed by atoms with van der Waals surface area (Å²) >= 11 is 6.91. The third-order valence-corrected chi connectivity index (χ3v) is 31.1. The van der Waals surface area contributed by atoms with E-state index in [4.69, 9.17) is 46.8 Å². The topological polar surface area (TPSA) is 536 Å². The number of epoxide rings is 1. The zero-order chi connectivity index (χ0) is 99.8. The van der Waals surface area contributed by atoms with E-state index in [1.807, 2.05) is 37.3 Å². The molecule has 3 fully saturated rings. The molecule has 4 heterocycles. The Bertz CT molecular complexity index is 5060. The minimum atomic E-state index is -1.97. The zero-order valence-corrected chi connectivity index (χ0v) is 82.6. The molecule has 1 aliphatic carbocycles. The SMILES string of the molecule is CCNC(=O)N[C@H](Cc1ccccc1)C(=O)N[C@H]1CSSC[C@@H](C(=O)N[C@H](C(=O)C[C@H](C(N)=O)C(C)(C)SSCCC(=O)N(C)[C@@H](C)C(=O)O[C@H]2CC(=O)N(C)c3cc(cc(OC)c3Cl)C/C(C)=C/C=C/[C@@H](OC)[C@@]3(O)C[C@H](OC(=O)N3)[C@@H](C)[C@@H]3O[C@@]23C)[C@@H](C)O)NC(=O)[C@H]([C@@H](C)O)NC(=O)[C@H](CCCCN)NC(=O)[C@@H](CC2=CCc3ccccc32)NC(=O)[C@H](Cc2ccc(O)cc2)CC1=O. The highest BCUT2D eigenvalue weighted by Crippen LogP contribution is 2.50. The van der Waals surface area contributed by atoms with Crippen LogP contribution < -0.4 is 69.0 Å². The number of carbonyl (C=O) groups is 14. The van der Waals surface area contributed by atoms with Crippen LogP contribution in [0.3, 0.4) is 0 Å². The van der Waals surface area contributed by atoms with Crippen LogP contribution in [0.1, 0.15) is 148 Å². The van der Waals surface area contributed by atoms with E-state index in [1.54, 1.807) is 107 Å². The van der Waals surface area contributed by atoms with Gasteiger partial charge in [-0.05, 0) is 158 Å². The molecule has 136 heavy (non-hydrogen) atoms. The number of methoxy groups -OCH3 is 2. The number of fused-ring (bicyclic) bond motifs is 6. The van der Waals surface area contributed by atoms with Gasteiger partial charge in [-0.15, -0.1) is 0 Å². The Kier molecular flexibility index (Phi) is 40.5. The number of phenolic OH excluding ortho intramolecular Hbond substituents is 1. The maximum absolute atomic E-state index is 15.4. The lowest BCUT2D eigenvalue weighted by Gasteiger charge is -2.42. The van der Waals surface area contributed by atoms with Crippen molar-refractivity contribution in [3.63, 3.8) is 0 Å². The summed E-state index contributed by atoms with van der Waals surface area (Å²) in [6.07, 6.45) is -2.80. The van der Waals surface area contributed by atoms with Gasteiger partial charge in [0.25, 0.3) is 0 Å². The van der Waals surface area contributed by atoms with E-state index in [0.29, 0.717) is 41.5 Å². The first-order chi connectivity index (χ1) is 64.4. The molecular formula is C95H128ClN13O23S4. The molecule has 3 saturated heterocycles. The number of benzene rings is 4. The lowest BCUT2D eigenvalue weighted by atomic mass is 9.83. The number of carbonyl (C=O) groups excluding carboxylic acids is 14. The molecular weight excluding hydrogens is 1850 g/mol. The van der Waals surface area contributed by atoms with Crippen LogP contribution in [0.25, 0.3) is 5.57 Å². The van der Waals surface area contributed by atoms with Crippen molar-refractivity contribution in [1.29, 1.82) is 0 Å². The Labute approximate surface area is 812 Å². The highest BCUT2D eigenvalue weighted by Gasteiger charge is 2.65. The van der Waals surface area contributed by atoms with Crippen LogP contribution in [0.5, 0.6) is 11.5 Å². The van der Waals surface area contributed by atoms with Gasteiger partial charge in [-0.3, -0.25) is 58.1 Å². The molecule has 4 aromatic carbocycles. The third-order valence-electron chi connectivity index (χ3n) is 24.9. The molecule has 12 amide bonds. The molecule has 0 unspecified atom stereocenters.